The van der Waals surface area contributed by atoms with Gasteiger partial charge >= 0.3 is 0 Å². The van der Waals surface area contributed by atoms with Crippen LogP contribution in [0.25, 0.3) is 0 Å². The highest BCUT2D eigenvalue weighted by Gasteiger charge is 2.12. The standard InChI is InChI=1S/C16H15BrN2O2S/c17-13-4-2-1-3-11(13)10-18-16(22)19-12-5-6-14-15(9-12)21-8-7-20-14/h1-6,9H,7-8,10H2,(H2,18,19,22). The smallest absolute Gasteiger partial charge is 0.171 e. The Bertz CT molecular complexity index is 694. The number of thiocarbonyl (C=S) groups is 1. The van der Waals surface area contributed by atoms with E-state index >= 15 is 0 Å². The highest BCUT2D eigenvalue weighted by molar-refractivity contribution is 9.10. The molecule has 1 heterocycles. The Hall–Kier alpha value is -1.79. The van der Waals surface area contributed by atoms with Crippen LogP contribution in [0.5, 0.6) is 11.5 Å². The summed E-state index contributed by atoms with van der Waals surface area (Å²) in [5.74, 6) is 1.51. The van der Waals surface area contributed by atoms with Gasteiger partial charge in [0.25, 0.3) is 0 Å². The maximum Gasteiger partial charge on any atom is 0.171 e. The molecule has 22 heavy (non-hydrogen) atoms. The second-order valence-electron chi connectivity index (χ2n) is 4.76. The van der Waals surface area contributed by atoms with Crippen molar-refractivity contribution in [2.45, 2.75) is 6.54 Å². The van der Waals surface area contributed by atoms with Crippen molar-refractivity contribution in [1.29, 1.82) is 0 Å². The van der Waals surface area contributed by atoms with Crippen LogP contribution in [0, 0.1) is 0 Å². The van der Waals surface area contributed by atoms with Gasteiger partial charge in [0.1, 0.15) is 13.2 Å². The van der Waals surface area contributed by atoms with Crippen molar-refractivity contribution in [3.05, 3.63) is 52.5 Å². The van der Waals surface area contributed by atoms with Crippen molar-refractivity contribution < 1.29 is 9.47 Å². The summed E-state index contributed by atoms with van der Waals surface area (Å²) in [7, 11) is 0. The first kappa shape index (κ1) is 15.1. The fraction of sp³-hybridized carbons (Fsp3) is 0.188. The van der Waals surface area contributed by atoms with Gasteiger partial charge in [0.2, 0.25) is 0 Å². The topological polar surface area (TPSA) is 42.5 Å². The Balaban J connectivity index is 1.59. The van der Waals surface area contributed by atoms with Gasteiger partial charge in [-0.2, -0.15) is 0 Å². The molecule has 1 aliphatic heterocycles. The molecule has 0 spiro atoms. The van der Waals surface area contributed by atoms with Crippen LogP contribution in [0.15, 0.2) is 46.9 Å². The number of hydrogen-bond donors (Lipinski definition) is 2. The summed E-state index contributed by atoms with van der Waals surface area (Å²) in [5, 5.41) is 6.90. The van der Waals surface area contributed by atoms with Crippen LogP contribution >= 0.6 is 28.1 Å². The first-order chi connectivity index (χ1) is 10.7. The summed E-state index contributed by atoms with van der Waals surface area (Å²) in [4.78, 5) is 0. The molecule has 0 unspecified atom stereocenters. The molecule has 0 bridgehead atoms. The molecule has 114 valence electrons. The van der Waals surface area contributed by atoms with Crippen molar-refractivity contribution in [3.63, 3.8) is 0 Å². The van der Waals surface area contributed by atoms with Crippen molar-refractivity contribution >= 4 is 38.9 Å². The van der Waals surface area contributed by atoms with Gasteiger partial charge in [0.15, 0.2) is 16.6 Å². The minimum Gasteiger partial charge on any atom is -0.486 e. The maximum atomic E-state index is 5.56. The number of nitrogens with one attached hydrogen (secondary N) is 2. The third kappa shape index (κ3) is 3.69. The second kappa shape index (κ2) is 6.98. The van der Waals surface area contributed by atoms with E-state index < -0.39 is 0 Å². The van der Waals surface area contributed by atoms with Gasteiger partial charge < -0.3 is 20.1 Å². The molecule has 0 radical (unpaired) electrons. The molecule has 0 aliphatic carbocycles. The second-order valence-corrected chi connectivity index (χ2v) is 6.02. The molecule has 2 aromatic rings. The fourth-order valence-electron chi connectivity index (χ4n) is 2.11. The molecule has 6 heteroatoms. The van der Waals surface area contributed by atoms with Crippen LogP contribution in [0.2, 0.25) is 0 Å². The third-order valence-corrected chi connectivity index (χ3v) is 4.22. The van der Waals surface area contributed by atoms with Crippen molar-refractivity contribution in [2.24, 2.45) is 0 Å². The van der Waals surface area contributed by atoms with E-state index in [2.05, 4.69) is 26.6 Å². The molecular formula is C16H15BrN2O2S. The number of halogens is 1. The highest BCUT2D eigenvalue weighted by Crippen LogP contribution is 2.32. The number of anilines is 1. The lowest BCUT2D eigenvalue weighted by Gasteiger charge is -2.19. The van der Waals surface area contributed by atoms with E-state index in [0.29, 0.717) is 24.9 Å². The van der Waals surface area contributed by atoms with Crippen molar-refractivity contribution in [1.82, 2.24) is 5.32 Å². The fourth-order valence-corrected chi connectivity index (χ4v) is 2.73. The quantitative estimate of drug-likeness (QED) is 0.796. The van der Waals surface area contributed by atoms with E-state index in [4.69, 9.17) is 21.7 Å². The van der Waals surface area contributed by atoms with Gasteiger partial charge in [-0.05, 0) is 36.0 Å². The lowest BCUT2D eigenvalue weighted by Crippen LogP contribution is -2.28. The predicted molar refractivity (Wildman–Crippen MR) is 94.6 cm³/mol. The molecule has 2 N–H and O–H groups in total. The highest BCUT2D eigenvalue weighted by atomic mass is 79.9. The van der Waals surface area contributed by atoms with Crippen LogP contribution in [0.3, 0.4) is 0 Å². The summed E-state index contributed by atoms with van der Waals surface area (Å²) < 4.78 is 12.1. The third-order valence-electron chi connectivity index (χ3n) is 3.20. The van der Waals surface area contributed by atoms with E-state index in [1.54, 1.807) is 0 Å². The number of fused-ring (bicyclic) bond motifs is 1. The average Bonchev–Trinajstić information content (AvgIpc) is 2.54. The molecule has 0 atom stereocenters. The number of ether oxygens (including phenoxy) is 2. The van der Waals surface area contributed by atoms with Crippen LogP contribution in [0.1, 0.15) is 5.56 Å². The van der Waals surface area contributed by atoms with Crippen LogP contribution in [-0.2, 0) is 6.54 Å². The first-order valence-electron chi connectivity index (χ1n) is 6.90. The predicted octanol–water partition coefficient (Wildman–Crippen LogP) is 3.71. The monoisotopic (exact) mass is 378 g/mol. The minimum absolute atomic E-state index is 0.562. The molecular weight excluding hydrogens is 364 g/mol. The summed E-state index contributed by atoms with van der Waals surface area (Å²) in [6.07, 6.45) is 0. The Morgan fingerprint density at radius 3 is 2.68 bits per heavy atom. The molecule has 2 aromatic carbocycles. The Morgan fingerprint density at radius 1 is 1.09 bits per heavy atom. The van der Waals surface area contributed by atoms with Gasteiger partial charge in [0.05, 0.1) is 0 Å². The number of hydrogen-bond acceptors (Lipinski definition) is 3. The van der Waals surface area contributed by atoms with Gasteiger partial charge in [-0.25, -0.2) is 0 Å². The zero-order valence-corrected chi connectivity index (χ0v) is 14.2. The lowest BCUT2D eigenvalue weighted by molar-refractivity contribution is 0.171. The molecule has 3 rings (SSSR count). The van der Waals surface area contributed by atoms with E-state index in [-0.39, 0.29) is 0 Å². The van der Waals surface area contributed by atoms with Gasteiger partial charge in [-0.15, -0.1) is 0 Å². The zero-order valence-electron chi connectivity index (χ0n) is 11.8. The van der Waals surface area contributed by atoms with Crippen LogP contribution in [0.4, 0.5) is 5.69 Å². The van der Waals surface area contributed by atoms with Crippen molar-refractivity contribution in [2.75, 3.05) is 18.5 Å². The van der Waals surface area contributed by atoms with Gasteiger partial charge in [-0.1, -0.05) is 34.1 Å². The molecule has 0 saturated heterocycles. The van der Waals surface area contributed by atoms with E-state index in [0.717, 1.165) is 27.2 Å². The van der Waals surface area contributed by atoms with Crippen LogP contribution in [-0.4, -0.2) is 18.3 Å². The van der Waals surface area contributed by atoms with Gasteiger partial charge in [0, 0.05) is 22.8 Å². The Kier molecular flexibility index (Phi) is 4.80. The molecule has 0 fully saturated rings. The normalized spacial score (nSPS) is 12.6. The van der Waals surface area contributed by atoms with Gasteiger partial charge in [-0.3, -0.25) is 0 Å². The van der Waals surface area contributed by atoms with Crippen LogP contribution < -0.4 is 20.1 Å². The Morgan fingerprint density at radius 2 is 1.86 bits per heavy atom. The van der Waals surface area contributed by atoms with Crippen molar-refractivity contribution in [3.8, 4) is 11.5 Å². The summed E-state index contributed by atoms with van der Waals surface area (Å²) in [5.41, 5.74) is 2.02. The average molecular weight is 379 g/mol. The molecule has 0 aromatic heterocycles. The molecule has 0 saturated carbocycles. The minimum atomic E-state index is 0.562. The molecule has 0 amide bonds. The maximum absolute atomic E-state index is 5.56. The lowest BCUT2D eigenvalue weighted by atomic mass is 10.2. The van der Waals surface area contributed by atoms with E-state index in [1.807, 2.05) is 42.5 Å². The molecule has 1 aliphatic rings. The van der Waals surface area contributed by atoms with E-state index in [9.17, 15) is 0 Å². The summed E-state index contributed by atoms with van der Waals surface area (Å²) in [6.45, 7) is 1.81. The summed E-state index contributed by atoms with van der Waals surface area (Å²) in [6, 6.07) is 13.7. The first-order valence-corrected chi connectivity index (χ1v) is 8.10. The Labute approximate surface area is 142 Å². The number of benzene rings is 2. The zero-order chi connectivity index (χ0) is 15.4. The SMILES string of the molecule is S=C(NCc1ccccc1Br)Nc1ccc2c(c1)OCCO2. The largest absolute Gasteiger partial charge is 0.486 e. The molecule has 4 nitrogen and oxygen atoms in total. The summed E-state index contributed by atoms with van der Waals surface area (Å²) >= 11 is 8.84. The van der Waals surface area contributed by atoms with E-state index in [1.165, 1.54) is 0 Å². The number of rotatable bonds is 3.